The maximum Gasteiger partial charge on any atom is 0.255 e. The van der Waals surface area contributed by atoms with Gasteiger partial charge in [0.05, 0.1) is 27.0 Å². The Labute approximate surface area is 191 Å². The summed E-state index contributed by atoms with van der Waals surface area (Å²) in [5.41, 5.74) is 2.33. The van der Waals surface area contributed by atoms with Gasteiger partial charge in [-0.3, -0.25) is 14.6 Å². The Morgan fingerprint density at radius 3 is 2.33 bits per heavy atom. The maximum absolute atomic E-state index is 12.6. The van der Waals surface area contributed by atoms with Crippen LogP contribution < -0.4 is 25.1 Å². The van der Waals surface area contributed by atoms with Crippen LogP contribution in [0.25, 0.3) is 12.0 Å². The summed E-state index contributed by atoms with van der Waals surface area (Å²) in [6.45, 7) is 5.44. The average Bonchev–Trinajstić information content (AvgIpc) is 3.16. The van der Waals surface area contributed by atoms with Crippen LogP contribution in [0.5, 0.6) is 17.2 Å². The lowest BCUT2D eigenvalue weighted by atomic mass is 10.1. The van der Waals surface area contributed by atoms with Crippen LogP contribution in [0, 0.1) is 13.8 Å². The first-order chi connectivity index (χ1) is 15.8. The minimum Gasteiger partial charge on any atom is -0.493 e. The predicted molar refractivity (Wildman–Crippen MR) is 125 cm³/mol. The minimum atomic E-state index is -0.394. The van der Waals surface area contributed by atoms with Crippen molar-refractivity contribution in [1.82, 2.24) is 19.7 Å². The number of nitrogens with zero attached hydrogens (tertiary/aromatic N) is 3. The summed E-state index contributed by atoms with van der Waals surface area (Å²) in [5.74, 6) is 1.63. The molecule has 10 heteroatoms. The summed E-state index contributed by atoms with van der Waals surface area (Å²) in [6, 6.07) is 5.15. The second-order valence-corrected chi connectivity index (χ2v) is 7.17. The molecule has 0 aliphatic heterocycles. The van der Waals surface area contributed by atoms with Crippen molar-refractivity contribution in [2.75, 3.05) is 26.6 Å². The van der Waals surface area contributed by atoms with E-state index in [2.05, 4.69) is 20.4 Å². The molecular formula is C23H27N5O5. The smallest absolute Gasteiger partial charge is 0.255 e. The molecule has 0 fully saturated rings. The molecule has 0 spiro atoms. The first-order valence-electron chi connectivity index (χ1n) is 10.3. The second kappa shape index (κ2) is 10.0. The number of H-pyrrole nitrogens is 1. The summed E-state index contributed by atoms with van der Waals surface area (Å²) >= 11 is 0. The van der Waals surface area contributed by atoms with Crippen LogP contribution in [0.1, 0.15) is 29.4 Å². The number of benzene rings is 1. The molecular weight excluding hydrogens is 426 g/mol. The Kier molecular flexibility index (Phi) is 7.17. The third-order valence-corrected chi connectivity index (χ3v) is 4.96. The highest BCUT2D eigenvalue weighted by atomic mass is 16.5. The largest absolute Gasteiger partial charge is 0.493 e. The molecule has 2 aromatic heterocycles. The van der Waals surface area contributed by atoms with Crippen LogP contribution in [-0.4, -0.2) is 47.0 Å². The number of aryl methyl sites for hydroxylation is 2. The normalized spacial score (nSPS) is 11.0. The highest BCUT2D eigenvalue weighted by molar-refractivity contribution is 6.01. The summed E-state index contributed by atoms with van der Waals surface area (Å²) in [4.78, 5) is 32.1. The molecule has 3 rings (SSSR count). The molecule has 2 N–H and O–H groups in total. The lowest BCUT2D eigenvalue weighted by Crippen LogP contribution is -2.21. The molecule has 174 valence electrons. The second-order valence-electron chi connectivity index (χ2n) is 7.17. The van der Waals surface area contributed by atoms with Crippen LogP contribution in [0.4, 0.5) is 5.82 Å². The van der Waals surface area contributed by atoms with Crippen LogP contribution in [0.15, 0.2) is 29.1 Å². The van der Waals surface area contributed by atoms with Gasteiger partial charge in [-0.25, -0.2) is 4.98 Å². The van der Waals surface area contributed by atoms with Crippen molar-refractivity contribution in [3.8, 4) is 23.2 Å². The van der Waals surface area contributed by atoms with Gasteiger partial charge in [0.15, 0.2) is 11.5 Å². The molecule has 10 nitrogen and oxygen atoms in total. The van der Waals surface area contributed by atoms with E-state index in [4.69, 9.17) is 14.2 Å². The summed E-state index contributed by atoms with van der Waals surface area (Å²) in [7, 11) is 4.57. The monoisotopic (exact) mass is 453 g/mol. The molecule has 0 radical (unpaired) electrons. The van der Waals surface area contributed by atoms with Crippen molar-refractivity contribution in [2.45, 2.75) is 27.2 Å². The number of methoxy groups -OCH3 is 3. The van der Waals surface area contributed by atoms with Crippen molar-refractivity contribution in [3.63, 3.8) is 0 Å². The topological polar surface area (TPSA) is 120 Å². The molecule has 0 saturated heterocycles. The van der Waals surface area contributed by atoms with E-state index in [1.54, 1.807) is 38.1 Å². The Balaban J connectivity index is 1.87. The first kappa shape index (κ1) is 23.6. The molecule has 0 bridgehead atoms. The molecule has 1 amide bonds. The number of hydrogen-bond acceptors (Lipinski definition) is 7. The average molecular weight is 453 g/mol. The van der Waals surface area contributed by atoms with Gasteiger partial charge < -0.3 is 19.5 Å². The lowest BCUT2D eigenvalue weighted by Gasteiger charge is -2.12. The van der Waals surface area contributed by atoms with Crippen molar-refractivity contribution in [3.05, 3.63) is 57.1 Å². The van der Waals surface area contributed by atoms with Gasteiger partial charge in [0.2, 0.25) is 17.6 Å². The van der Waals surface area contributed by atoms with Crippen LogP contribution in [-0.2, 0) is 11.2 Å². The van der Waals surface area contributed by atoms with Gasteiger partial charge in [-0.15, -0.1) is 0 Å². The standard InChI is InChI=1S/C23H27N5O5/c1-7-16-14(3)24-23(26-22(16)30)28-19(10-13(2)27-28)25-20(29)9-8-15-11-17(31-4)21(33-6)18(12-15)32-5/h8-12H,7H2,1-6H3,(H,25,29)(H,24,26,30)/b9-8+. The van der Waals surface area contributed by atoms with Gasteiger partial charge in [0.1, 0.15) is 5.82 Å². The number of hydrogen-bond donors (Lipinski definition) is 2. The summed E-state index contributed by atoms with van der Waals surface area (Å²) in [5, 5.41) is 7.13. The molecule has 33 heavy (non-hydrogen) atoms. The maximum atomic E-state index is 12.6. The van der Waals surface area contributed by atoms with E-state index < -0.39 is 5.91 Å². The van der Waals surface area contributed by atoms with E-state index in [-0.39, 0.29) is 11.5 Å². The van der Waals surface area contributed by atoms with Gasteiger partial charge in [-0.1, -0.05) is 6.92 Å². The Morgan fingerprint density at radius 2 is 1.79 bits per heavy atom. The highest BCUT2D eigenvalue weighted by Gasteiger charge is 2.15. The number of amides is 1. The number of nitrogens with one attached hydrogen (secondary N) is 2. The fourth-order valence-corrected chi connectivity index (χ4v) is 3.40. The van der Waals surface area contributed by atoms with Gasteiger partial charge in [-0.05, 0) is 44.0 Å². The van der Waals surface area contributed by atoms with Crippen molar-refractivity contribution >= 4 is 17.8 Å². The van der Waals surface area contributed by atoms with E-state index in [0.29, 0.717) is 52.0 Å². The van der Waals surface area contributed by atoms with Crippen molar-refractivity contribution in [2.24, 2.45) is 0 Å². The SMILES string of the molecule is CCc1c(C)nc(-n2nc(C)cc2NC(=O)/C=C/c2cc(OC)c(OC)c(OC)c2)[nH]c1=O. The molecule has 2 heterocycles. The van der Waals surface area contributed by atoms with Crippen molar-refractivity contribution < 1.29 is 19.0 Å². The molecule has 1 aromatic carbocycles. The zero-order chi connectivity index (χ0) is 24.1. The van der Waals surface area contributed by atoms with E-state index in [1.165, 1.54) is 32.1 Å². The van der Waals surface area contributed by atoms with E-state index in [9.17, 15) is 9.59 Å². The Bertz CT molecular complexity index is 1230. The third kappa shape index (κ3) is 5.05. The van der Waals surface area contributed by atoms with E-state index >= 15 is 0 Å². The zero-order valence-corrected chi connectivity index (χ0v) is 19.5. The fourth-order valence-electron chi connectivity index (χ4n) is 3.40. The highest BCUT2D eigenvalue weighted by Crippen LogP contribution is 2.38. The number of anilines is 1. The van der Waals surface area contributed by atoms with Gasteiger partial charge in [-0.2, -0.15) is 9.78 Å². The van der Waals surface area contributed by atoms with Crippen molar-refractivity contribution in [1.29, 1.82) is 0 Å². The summed E-state index contributed by atoms with van der Waals surface area (Å²) in [6.07, 6.45) is 3.56. The van der Waals surface area contributed by atoms with Gasteiger partial charge in [0.25, 0.3) is 5.56 Å². The van der Waals surface area contributed by atoms with Crippen LogP contribution in [0.3, 0.4) is 0 Å². The number of aromatic nitrogens is 4. The first-order valence-corrected chi connectivity index (χ1v) is 10.3. The van der Waals surface area contributed by atoms with Gasteiger partial charge >= 0.3 is 0 Å². The minimum absolute atomic E-state index is 0.228. The van der Waals surface area contributed by atoms with Crippen LogP contribution in [0.2, 0.25) is 0 Å². The van der Waals surface area contributed by atoms with E-state index in [1.807, 2.05) is 6.92 Å². The molecule has 0 aliphatic rings. The number of aromatic amines is 1. The predicted octanol–water partition coefficient (Wildman–Crippen LogP) is 2.81. The number of ether oxygens (including phenoxy) is 3. The Hall–Kier alpha value is -4.08. The quantitative estimate of drug-likeness (QED) is 0.503. The molecule has 0 saturated carbocycles. The molecule has 3 aromatic rings. The van der Waals surface area contributed by atoms with E-state index in [0.717, 1.165) is 0 Å². The molecule has 0 atom stereocenters. The summed E-state index contributed by atoms with van der Waals surface area (Å²) < 4.78 is 17.4. The fraction of sp³-hybridized carbons (Fsp3) is 0.304. The lowest BCUT2D eigenvalue weighted by molar-refractivity contribution is -0.111. The zero-order valence-electron chi connectivity index (χ0n) is 19.5. The van der Waals surface area contributed by atoms with Gasteiger partial charge in [0, 0.05) is 23.4 Å². The molecule has 0 unspecified atom stereocenters. The Morgan fingerprint density at radius 1 is 1.12 bits per heavy atom. The number of rotatable bonds is 8. The molecule has 0 aliphatic carbocycles. The van der Waals surface area contributed by atoms with Crippen LogP contribution >= 0.6 is 0 Å². The number of carbonyl (C=O) groups is 1. The number of carbonyl (C=O) groups excluding carboxylic acids is 1. The third-order valence-electron chi connectivity index (χ3n) is 4.96.